The summed E-state index contributed by atoms with van der Waals surface area (Å²) in [4.78, 5) is 20.0. The van der Waals surface area contributed by atoms with Crippen LogP contribution in [0.2, 0.25) is 0 Å². The van der Waals surface area contributed by atoms with Crippen molar-refractivity contribution in [2.45, 2.75) is 0 Å². The van der Waals surface area contributed by atoms with E-state index in [2.05, 4.69) is 10.6 Å². The number of carboxylic acids is 1. The van der Waals surface area contributed by atoms with Crippen molar-refractivity contribution in [3.8, 4) is 0 Å². The second kappa shape index (κ2) is 6.02. The number of hydrogen-bond acceptors (Lipinski definition) is 3. The van der Waals surface area contributed by atoms with Gasteiger partial charge in [-0.05, 0) is 0 Å². The smallest absolute Gasteiger partial charge is 0.329 e. The summed E-state index contributed by atoms with van der Waals surface area (Å²) in [5.41, 5.74) is 4.77. The average molecular weight is 173 g/mol. The van der Waals surface area contributed by atoms with E-state index < -0.39 is 12.0 Å². The van der Waals surface area contributed by atoms with E-state index in [9.17, 15) is 9.59 Å². The van der Waals surface area contributed by atoms with E-state index in [1.807, 2.05) is 0 Å². The van der Waals surface area contributed by atoms with E-state index in [-0.39, 0.29) is 0 Å². The number of aliphatic carboxylic acids is 1. The molecule has 0 spiro atoms. The van der Waals surface area contributed by atoms with Gasteiger partial charge in [-0.15, -0.1) is 0 Å². The molecule has 6 nitrogen and oxygen atoms in total. The fourth-order valence-electron chi connectivity index (χ4n) is 0.471. The summed E-state index contributed by atoms with van der Waals surface area (Å²) >= 11 is 0. The predicted molar refractivity (Wildman–Crippen MR) is 42.4 cm³/mol. The summed E-state index contributed by atoms with van der Waals surface area (Å²) in [6, 6.07) is -0.598. The number of amides is 2. The SMILES string of the molecule is NC(=O)NCCN/C=C/C(=O)O. The van der Waals surface area contributed by atoms with Gasteiger partial charge in [0, 0.05) is 25.4 Å². The van der Waals surface area contributed by atoms with Gasteiger partial charge in [0.15, 0.2) is 0 Å². The Morgan fingerprint density at radius 2 is 2.08 bits per heavy atom. The first kappa shape index (κ1) is 10.3. The van der Waals surface area contributed by atoms with Crippen LogP contribution in [0.4, 0.5) is 4.79 Å². The number of carbonyl (C=O) groups excluding carboxylic acids is 1. The third-order valence-electron chi connectivity index (χ3n) is 0.912. The van der Waals surface area contributed by atoms with Crippen LogP contribution in [0.25, 0.3) is 0 Å². The van der Waals surface area contributed by atoms with Gasteiger partial charge in [0.25, 0.3) is 0 Å². The molecule has 0 aliphatic carbocycles. The zero-order valence-corrected chi connectivity index (χ0v) is 6.41. The van der Waals surface area contributed by atoms with Crippen LogP contribution in [0.3, 0.4) is 0 Å². The molecule has 0 saturated heterocycles. The highest BCUT2D eigenvalue weighted by molar-refractivity contribution is 5.79. The van der Waals surface area contributed by atoms with Gasteiger partial charge in [0.05, 0.1) is 0 Å². The standard InChI is InChI=1S/C6H11N3O3/c7-6(12)9-4-3-8-2-1-5(10)11/h1-2,8H,3-4H2,(H,10,11)(H3,7,9,12)/b2-1+. The van der Waals surface area contributed by atoms with Crippen LogP contribution in [0.15, 0.2) is 12.3 Å². The highest BCUT2D eigenvalue weighted by Crippen LogP contribution is 1.67. The first-order valence-electron chi connectivity index (χ1n) is 3.29. The minimum atomic E-state index is -1.02. The van der Waals surface area contributed by atoms with Crippen LogP contribution in [0.1, 0.15) is 0 Å². The Kier molecular flexibility index (Phi) is 5.16. The Hall–Kier alpha value is -1.72. The van der Waals surface area contributed by atoms with Crippen LogP contribution in [-0.2, 0) is 4.79 Å². The van der Waals surface area contributed by atoms with Crippen molar-refractivity contribution >= 4 is 12.0 Å². The molecule has 0 bridgehead atoms. The lowest BCUT2D eigenvalue weighted by molar-refractivity contribution is -0.131. The molecule has 0 aromatic carbocycles. The number of nitrogens with one attached hydrogen (secondary N) is 2. The number of hydrogen-bond donors (Lipinski definition) is 4. The minimum absolute atomic E-state index is 0.360. The molecule has 0 aromatic rings. The molecular formula is C6H11N3O3. The molecule has 6 heteroatoms. The van der Waals surface area contributed by atoms with Crippen molar-refractivity contribution in [1.29, 1.82) is 0 Å². The van der Waals surface area contributed by atoms with Crippen molar-refractivity contribution in [2.75, 3.05) is 13.1 Å². The third-order valence-corrected chi connectivity index (χ3v) is 0.912. The molecule has 0 aromatic heterocycles. The number of primary amides is 1. The highest BCUT2D eigenvalue weighted by Gasteiger charge is 1.88. The maximum Gasteiger partial charge on any atom is 0.329 e. The topological polar surface area (TPSA) is 104 Å². The second-order valence-corrected chi connectivity index (χ2v) is 1.92. The maximum absolute atomic E-state index is 10.1. The molecule has 0 atom stereocenters. The molecule has 0 aliphatic heterocycles. The molecule has 12 heavy (non-hydrogen) atoms. The lowest BCUT2D eigenvalue weighted by atomic mass is 10.6. The van der Waals surface area contributed by atoms with Gasteiger partial charge >= 0.3 is 12.0 Å². The van der Waals surface area contributed by atoms with Crippen molar-refractivity contribution in [2.24, 2.45) is 5.73 Å². The van der Waals surface area contributed by atoms with E-state index in [0.717, 1.165) is 6.08 Å². The van der Waals surface area contributed by atoms with Gasteiger partial charge in [0.1, 0.15) is 0 Å². The molecule has 0 rings (SSSR count). The molecule has 68 valence electrons. The van der Waals surface area contributed by atoms with Gasteiger partial charge in [-0.25, -0.2) is 9.59 Å². The summed E-state index contributed by atoms with van der Waals surface area (Å²) in [6.07, 6.45) is 2.25. The molecule has 0 radical (unpaired) electrons. The molecule has 2 amide bonds. The lowest BCUT2D eigenvalue weighted by Gasteiger charge is -2.00. The summed E-state index contributed by atoms with van der Waals surface area (Å²) < 4.78 is 0. The van der Waals surface area contributed by atoms with Gasteiger partial charge in [-0.2, -0.15) is 0 Å². The predicted octanol–water partition coefficient (Wildman–Crippen LogP) is -1.16. The first-order valence-corrected chi connectivity index (χ1v) is 3.29. The fourth-order valence-corrected chi connectivity index (χ4v) is 0.471. The van der Waals surface area contributed by atoms with Crippen LogP contribution in [0, 0.1) is 0 Å². The van der Waals surface area contributed by atoms with Gasteiger partial charge in [-0.1, -0.05) is 0 Å². The molecule has 5 N–H and O–H groups in total. The molecule has 0 heterocycles. The summed E-state index contributed by atoms with van der Waals surface area (Å²) in [6.45, 7) is 0.798. The number of rotatable bonds is 5. The number of urea groups is 1. The van der Waals surface area contributed by atoms with Crippen LogP contribution >= 0.6 is 0 Å². The number of nitrogens with two attached hydrogens (primary N) is 1. The normalized spacial score (nSPS) is 9.67. The average Bonchev–Trinajstić information content (AvgIpc) is 1.95. The summed E-state index contributed by atoms with van der Waals surface area (Å²) in [7, 11) is 0. The van der Waals surface area contributed by atoms with E-state index in [4.69, 9.17) is 10.8 Å². The van der Waals surface area contributed by atoms with Gasteiger partial charge < -0.3 is 21.5 Å². The van der Waals surface area contributed by atoms with Gasteiger partial charge in [-0.3, -0.25) is 0 Å². The Bertz CT molecular complexity index is 190. The molecular weight excluding hydrogens is 162 g/mol. The van der Waals surface area contributed by atoms with Crippen LogP contribution in [0.5, 0.6) is 0 Å². The summed E-state index contributed by atoms with van der Waals surface area (Å²) in [5, 5.41) is 13.1. The van der Waals surface area contributed by atoms with Crippen molar-refractivity contribution < 1.29 is 14.7 Å². The van der Waals surface area contributed by atoms with E-state index in [0.29, 0.717) is 13.1 Å². The molecule has 0 unspecified atom stereocenters. The third kappa shape index (κ3) is 8.28. The Morgan fingerprint density at radius 1 is 1.42 bits per heavy atom. The Balaban J connectivity index is 3.21. The fraction of sp³-hybridized carbons (Fsp3) is 0.333. The summed E-state index contributed by atoms with van der Waals surface area (Å²) in [5.74, 6) is -1.02. The second-order valence-electron chi connectivity index (χ2n) is 1.92. The van der Waals surface area contributed by atoms with Crippen molar-refractivity contribution in [1.82, 2.24) is 10.6 Å². The quantitative estimate of drug-likeness (QED) is 0.311. The minimum Gasteiger partial charge on any atom is -0.478 e. The zero-order valence-electron chi connectivity index (χ0n) is 6.41. The lowest BCUT2D eigenvalue weighted by Crippen LogP contribution is -2.34. The van der Waals surface area contributed by atoms with E-state index in [1.54, 1.807) is 0 Å². The molecule has 0 fully saturated rings. The van der Waals surface area contributed by atoms with Crippen LogP contribution < -0.4 is 16.4 Å². The van der Waals surface area contributed by atoms with Crippen molar-refractivity contribution in [3.05, 3.63) is 12.3 Å². The largest absolute Gasteiger partial charge is 0.478 e. The van der Waals surface area contributed by atoms with Gasteiger partial charge in [0.2, 0.25) is 0 Å². The van der Waals surface area contributed by atoms with E-state index >= 15 is 0 Å². The van der Waals surface area contributed by atoms with Crippen LogP contribution in [-0.4, -0.2) is 30.2 Å². The first-order chi connectivity index (χ1) is 5.63. The monoisotopic (exact) mass is 173 g/mol. The van der Waals surface area contributed by atoms with Crippen molar-refractivity contribution in [3.63, 3.8) is 0 Å². The van der Waals surface area contributed by atoms with E-state index in [1.165, 1.54) is 6.20 Å². The maximum atomic E-state index is 10.1. The molecule has 0 aliphatic rings. The number of carbonyl (C=O) groups is 2. The molecule has 0 saturated carbocycles. The number of carboxylic acid groups (broad SMARTS) is 1. The Morgan fingerprint density at radius 3 is 2.58 bits per heavy atom. The highest BCUT2D eigenvalue weighted by atomic mass is 16.4. The zero-order chi connectivity index (χ0) is 9.40. The Labute approximate surface area is 69.4 Å².